The lowest BCUT2D eigenvalue weighted by molar-refractivity contribution is 0.0514. The quantitative estimate of drug-likeness (QED) is 0.648. The second kappa shape index (κ2) is 7.87. The van der Waals surface area contributed by atoms with Gasteiger partial charge < -0.3 is 19.4 Å². The first-order valence-electron chi connectivity index (χ1n) is 7.35. The van der Waals surface area contributed by atoms with E-state index in [9.17, 15) is 9.59 Å². The van der Waals surface area contributed by atoms with Crippen molar-refractivity contribution in [2.45, 2.75) is 19.9 Å². The second-order valence-corrected chi connectivity index (χ2v) is 5.20. The Bertz CT molecular complexity index is 711. The summed E-state index contributed by atoms with van der Waals surface area (Å²) in [6.07, 6.45) is 0.141. The van der Waals surface area contributed by atoms with Gasteiger partial charge >= 0.3 is 12.1 Å². The molecule has 0 bridgehead atoms. The second-order valence-electron chi connectivity index (χ2n) is 4.82. The highest BCUT2D eigenvalue weighted by Gasteiger charge is 2.22. The Morgan fingerprint density at radius 3 is 2.74 bits per heavy atom. The van der Waals surface area contributed by atoms with Crippen molar-refractivity contribution in [1.29, 1.82) is 0 Å². The normalized spacial score (nSPS) is 10.6. The van der Waals surface area contributed by atoms with E-state index >= 15 is 0 Å². The number of para-hydroxylation sites is 1. The number of amides is 1. The van der Waals surface area contributed by atoms with Crippen LogP contribution in [0.15, 0.2) is 24.3 Å². The van der Waals surface area contributed by atoms with Crippen molar-refractivity contribution in [3.8, 4) is 0 Å². The summed E-state index contributed by atoms with van der Waals surface area (Å²) in [4.78, 5) is 23.3. The summed E-state index contributed by atoms with van der Waals surface area (Å²) in [6.45, 7) is 2.98. The largest absolute Gasteiger partial charge is 0.461 e. The SMILES string of the molecule is CCOC(=O)c1c(Cl)c2ccccc2n1CCCNC(=O)OC. The van der Waals surface area contributed by atoms with Gasteiger partial charge in [0.25, 0.3) is 0 Å². The molecule has 2 aromatic rings. The standard InChI is InChI=1S/C16H19ClN2O4/c1-3-23-15(20)14-13(17)11-7-4-5-8-12(11)19(14)10-6-9-18-16(21)22-2/h4-5,7-8H,3,6,9-10H2,1-2H3,(H,18,21). The van der Waals surface area contributed by atoms with Crippen LogP contribution in [-0.2, 0) is 16.0 Å². The van der Waals surface area contributed by atoms with E-state index in [1.54, 1.807) is 6.92 Å². The van der Waals surface area contributed by atoms with Gasteiger partial charge in [0, 0.05) is 18.5 Å². The number of esters is 1. The Labute approximate surface area is 139 Å². The number of methoxy groups -OCH3 is 1. The minimum atomic E-state index is -0.481. The number of benzene rings is 1. The fourth-order valence-electron chi connectivity index (χ4n) is 2.39. The molecule has 0 unspecified atom stereocenters. The van der Waals surface area contributed by atoms with Crippen LogP contribution < -0.4 is 5.32 Å². The van der Waals surface area contributed by atoms with Crippen LogP contribution in [0.5, 0.6) is 0 Å². The highest BCUT2D eigenvalue weighted by atomic mass is 35.5. The number of halogens is 1. The van der Waals surface area contributed by atoms with E-state index in [0.717, 1.165) is 10.9 Å². The van der Waals surface area contributed by atoms with Crippen LogP contribution in [0.2, 0.25) is 5.02 Å². The van der Waals surface area contributed by atoms with Gasteiger partial charge in [-0.25, -0.2) is 9.59 Å². The maximum absolute atomic E-state index is 12.2. The molecule has 1 amide bonds. The summed E-state index contributed by atoms with van der Waals surface area (Å²) >= 11 is 6.37. The molecule has 0 aliphatic heterocycles. The van der Waals surface area contributed by atoms with Gasteiger partial charge in [0.15, 0.2) is 0 Å². The van der Waals surface area contributed by atoms with Crippen molar-refractivity contribution < 1.29 is 19.1 Å². The first-order chi connectivity index (χ1) is 11.1. The topological polar surface area (TPSA) is 69.6 Å². The number of aromatic nitrogens is 1. The van der Waals surface area contributed by atoms with Crippen molar-refractivity contribution in [2.24, 2.45) is 0 Å². The lowest BCUT2D eigenvalue weighted by atomic mass is 10.2. The number of carbonyl (C=O) groups is 2. The molecule has 1 N–H and O–H groups in total. The van der Waals surface area contributed by atoms with E-state index in [2.05, 4.69) is 10.1 Å². The summed E-state index contributed by atoms with van der Waals surface area (Å²) in [5.74, 6) is -0.449. The van der Waals surface area contributed by atoms with Crippen molar-refractivity contribution in [2.75, 3.05) is 20.3 Å². The zero-order chi connectivity index (χ0) is 16.8. The zero-order valence-electron chi connectivity index (χ0n) is 13.1. The van der Waals surface area contributed by atoms with Crippen molar-refractivity contribution in [3.05, 3.63) is 35.0 Å². The molecule has 6 nitrogen and oxygen atoms in total. The van der Waals surface area contributed by atoms with Gasteiger partial charge in [-0.2, -0.15) is 0 Å². The molecule has 1 heterocycles. The van der Waals surface area contributed by atoms with Crippen LogP contribution in [0.4, 0.5) is 4.79 Å². The van der Waals surface area contributed by atoms with Gasteiger partial charge in [-0.3, -0.25) is 0 Å². The van der Waals surface area contributed by atoms with Crippen molar-refractivity contribution >= 4 is 34.6 Å². The molecule has 7 heteroatoms. The Hall–Kier alpha value is -2.21. The van der Waals surface area contributed by atoms with Gasteiger partial charge in [0.05, 0.1) is 24.3 Å². The molecule has 0 aliphatic rings. The first kappa shape index (κ1) is 17.1. The number of rotatable bonds is 6. The molecule has 0 atom stereocenters. The average Bonchev–Trinajstić information content (AvgIpc) is 2.84. The van der Waals surface area contributed by atoms with Crippen molar-refractivity contribution in [1.82, 2.24) is 9.88 Å². The number of nitrogens with zero attached hydrogens (tertiary/aromatic N) is 1. The van der Waals surface area contributed by atoms with Crippen LogP contribution in [0.1, 0.15) is 23.8 Å². The number of alkyl carbamates (subject to hydrolysis) is 1. The van der Waals surface area contributed by atoms with E-state index in [-0.39, 0.29) is 6.61 Å². The Morgan fingerprint density at radius 2 is 2.04 bits per heavy atom. The smallest absolute Gasteiger partial charge is 0.406 e. The van der Waals surface area contributed by atoms with Gasteiger partial charge in [-0.15, -0.1) is 0 Å². The Morgan fingerprint density at radius 1 is 1.30 bits per heavy atom. The third-order valence-electron chi connectivity index (χ3n) is 3.39. The number of aryl methyl sites for hydroxylation is 1. The number of ether oxygens (including phenoxy) is 2. The van der Waals surface area contributed by atoms with Crippen molar-refractivity contribution in [3.63, 3.8) is 0 Å². The molecule has 124 valence electrons. The van der Waals surface area contributed by atoms with Gasteiger partial charge in [0.2, 0.25) is 0 Å². The molecule has 0 saturated carbocycles. The number of hydrogen-bond acceptors (Lipinski definition) is 4. The van der Waals surface area contributed by atoms with Gasteiger partial charge in [0.1, 0.15) is 5.69 Å². The minimum Gasteiger partial charge on any atom is -0.461 e. The van der Waals surface area contributed by atoms with E-state index in [1.165, 1.54) is 7.11 Å². The number of nitrogens with one attached hydrogen (secondary N) is 1. The molecule has 2 rings (SSSR count). The third-order valence-corrected chi connectivity index (χ3v) is 3.77. The summed E-state index contributed by atoms with van der Waals surface area (Å²) in [6, 6.07) is 7.52. The van der Waals surface area contributed by atoms with Gasteiger partial charge in [-0.05, 0) is 19.4 Å². The van der Waals surface area contributed by atoms with Crippen LogP contribution in [0.3, 0.4) is 0 Å². The molecular weight excluding hydrogens is 320 g/mol. The zero-order valence-corrected chi connectivity index (χ0v) is 13.9. The number of carbonyl (C=O) groups excluding carboxylic acids is 2. The summed E-state index contributed by atoms with van der Waals surface area (Å²) in [5, 5.41) is 3.80. The molecule has 0 radical (unpaired) electrons. The van der Waals surface area contributed by atoms with E-state index in [0.29, 0.717) is 30.2 Å². The predicted octanol–water partition coefficient (Wildman–Crippen LogP) is 3.22. The third kappa shape index (κ3) is 3.76. The molecule has 0 fully saturated rings. The minimum absolute atomic E-state index is 0.278. The molecule has 1 aromatic carbocycles. The Balaban J connectivity index is 2.27. The monoisotopic (exact) mass is 338 g/mol. The summed E-state index contributed by atoms with van der Waals surface area (Å²) in [7, 11) is 1.31. The summed E-state index contributed by atoms with van der Waals surface area (Å²) in [5.41, 5.74) is 1.20. The highest BCUT2D eigenvalue weighted by Crippen LogP contribution is 2.31. The van der Waals surface area contributed by atoms with E-state index in [4.69, 9.17) is 16.3 Å². The van der Waals surface area contributed by atoms with Crippen LogP contribution >= 0.6 is 11.6 Å². The molecule has 23 heavy (non-hydrogen) atoms. The van der Waals surface area contributed by atoms with E-state index < -0.39 is 12.1 Å². The lowest BCUT2D eigenvalue weighted by Gasteiger charge is -2.10. The van der Waals surface area contributed by atoms with Crippen LogP contribution in [0.25, 0.3) is 10.9 Å². The van der Waals surface area contributed by atoms with Crippen LogP contribution in [0, 0.1) is 0 Å². The number of hydrogen-bond donors (Lipinski definition) is 1. The predicted molar refractivity (Wildman–Crippen MR) is 87.9 cm³/mol. The average molecular weight is 339 g/mol. The fraction of sp³-hybridized carbons (Fsp3) is 0.375. The van der Waals surface area contributed by atoms with Gasteiger partial charge in [-0.1, -0.05) is 29.8 Å². The molecule has 0 aliphatic carbocycles. The summed E-state index contributed by atoms with van der Waals surface area (Å²) < 4.78 is 11.5. The molecule has 0 saturated heterocycles. The molecular formula is C16H19ClN2O4. The molecule has 0 spiro atoms. The van der Waals surface area contributed by atoms with E-state index in [1.807, 2.05) is 28.8 Å². The fourth-order valence-corrected chi connectivity index (χ4v) is 2.73. The maximum atomic E-state index is 12.2. The number of fused-ring (bicyclic) bond motifs is 1. The molecule has 1 aromatic heterocycles. The first-order valence-corrected chi connectivity index (χ1v) is 7.73. The lowest BCUT2D eigenvalue weighted by Crippen LogP contribution is -2.25. The van der Waals surface area contributed by atoms with Crippen LogP contribution in [-0.4, -0.2) is 36.9 Å². The Kier molecular flexibility index (Phi) is 5.87. The maximum Gasteiger partial charge on any atom is 0.406 e. The highest BCUT2D eigenvalue weighted by molar-refractivity contribution is 6.38.